The normalized spacial score (nSPS) is 11.8. The second kappa shape index (κ2) is 9.21. The van der Waals surface area contributed by atoms with Gasteiger partial charge in [-0.15, -0.1) is 0 Å². The number of aryl methyl sites for hydroxylation is 1. The third-order valence-electron chi connectivity index (χ3n) is 4.26. The maximum atomic E-state index is 9.34. The Morgan fingerprint density at radius 2 is 1.56 bits per heavy atom. The number of hydrogen-bond acceptors (Lipinski definition) is 4. The molecule has 1 unspecified atom stereocenters. The molecule has 1 atom stereocenters. The fourth-order valence-electron chi connectivity index (χ4n) is 2.77. The number of benzene rings is 3. The van der Waals surface area contributed by atoms with Gasteiger partial charge in [-0.1, -0.05) is 48.5 Å². The van der Waals surface area contributed by atoms with Crippen molar-refractivity contribution in [2.24, 2.45) is 0 Å². The van der Waals surface area contributed by atoms with Crippen molar-refractivity contribution in [3.05, 3.63) is 83.9 Å². The summed E-state index contributed by atoms with van der Waals surface area (Å²) in [6, 6.07) is 23.9. The van der Waals surface area contributed by atoms with Crippen LogP contribution < -0.4 is 9.47 Å². The van der Waals surface area contributed by atoms with Crippen molar-refractivity contribution in [2.45, 2.75) is 19.6 Å². The van der Waals surface area contributed by atoms with E-state index in [2.05, 4.69) is 13.0 Å². The molecule has 4 heteroatoms. The molecule has 140 valence electrons. The van der Waals surface area contributed by atoms with Gasteiger partial charge in [0.2, 0.25) is 0 Å². The first kappa shape index (κ1) is 19.0. The highest BCUT2D eigenvalue weighted by molar-refractivity contribution is 5.68. The summed E-state index contributed by atoms with van der Waals surface area (Å²) in [5, 5.41) is 18.2. The zero-order chi connectivity index (χ0) is 19.1. The molecule has 3 rings (SSSR count). The van der Waals surface area contributed by atoms with Crippen LogP contribution in [0, 0.1) is 6.92 Å². The van der Waals surface area contributed by atoms with Gasteiger partial charge in [0.25, 0.3) is 0 Å². The average Bonchev–Trinajstić information content (AvgIpc) is 2.72. The number of rotatable bonds is 8. The molecule has 0 amide bonds. The molecule has 0 aliphatic rings. The Morgan fingerprint density at radius 3 is 2.22 bits per heavy atom. The van der Waals surface area contributed by atoms with Gasteiger partial charge in [-0.25, -0.2) is 0 Å². The number of hydrogen-bond donors (Lipinski definition) is 2. The zero-order valence-corrected chi connectivity index (χ0v) is 15.3. The summed E-state index contributed by atoms with van der Waals surface area (Å²) in [6.45, 7) is 2.37. The fraction of sp³-hybridized carbons (Fsp3) is 0.217. The fourth-order valence-corrected chi connectivity index (χ4v) is 2.77. The monoisotopic (exact) mass is 364 g/mol. The van der Waals surface area contributed by atoms with Crippen molar-refractivity contribution in [3.8, 4) is 22.6 Å². The van der Waals surface area contributed by atoms with Gasteiger partial charge in [-0.2, -0.15) is 0 Å². The van der Waals surface area contributed by atoms with Gasteiger partial charge in [0.15, 0.2) is 0 Å². The summed E-state index contributed by atoms with van der Waals surface area (Å²) in [7, 11) is 0. The number of aliphatic hydroxyl groups excluding tert-OH is 2. The van der Waals surface area contributed by atoms with E-state index in [0.29, 0.717) is 12.4 Å². The van der Waals surface area contributed by atoms with Crippen molar-refractivity contribution in [2.75, 3.05) is 13.2 Å². The van der Waals surface area contributed by atoms with Gasteiger partial charge in [-0.05, 0) is 53.4 Å². The molecule has 0 spiro atoms. The van der Waals surface area contributed by atoms with Crippen LogP contribution in [0.3, 0.4) is 0 Å². The highest BCUT2D eigenvalue weighted by Gasteiger charge is 2.06. The van der Waals surface area contributed by atoms with Gasteiger partial charge in [0.05, 0.1) is 6.61 Å². The van der Waals surface area contributed by atoms with E-state index in [4.69, 9.17) is 14.6 Å². The minimum Gasteiger partial charge on any atom is -0.491 e. The molecule has 27 heavy (non-hydrogen) atoms. The molecule has 0 bridgehead atoms. The van der Waals surface area contributed by atoms with E-state index in [9.17, 15) is 5.11 Å². The van der Waals surface area contributed by atoms with Crippen molar-refractivity contribution >= 4 is 0 Å². The quantitative estimate of drug-likeness (QED) is 0.635. The van der Waals surface area contributed by atoms with Crippen LogP contribution in [0.15, 0.2) is 72.8 Å². The van der Waals surface area contributed by atoms with Crippen LogP contribution >= 0.6 is 0 Å². The van der Waals surface area contributed by atoms with Gasteiger partial charge >= 0.3 is 0 Å². The molecule has 0 saturated heterocycles. The van der Waals surface area contributed by atoms with E-state index < -0.39 is 6.10 Å². The molecule has 0 fully saturated rings. The van der Waals surface area contributed by atoms with Crippen LogP contribution in [0.2, 0.25) is 0 Å². The lowest BCUT2D eigenvalue weighted by molar-refractivity contribution is 0.0536. The molecule has 3 aromatic carbocycles. The molecule has 2 N–H and O–H groups in total. The van der Waals surface area contributed by atoms with E-state index in [1.165, 1.54) is 0 Å². The molecule has 3 aromatic rings. The van der Waals surface area contributed by atoms with Gasteiger partial charge < -0.3 is 19.7 Å². The van der Waals surface area contributed by atoms with Crippen LogP contribution in [0.5, 0.6) is 11.5 Å². The topological polar surface area (TPSA) is 58.9 Å². The Morgan fingerprint density at radius 1 is 0.852 bits per heavy atom. The Bertz CT molecular complexity index is 844. The summed E-state index contributed by atoms with van der Waals surface area (Å²) in [4.78, 5) is 0. The Kier molecular flexibility index (Phi) is 6.47. The summed E-state index contributed by atoms with van der Waals surface area (Å²) in [6.07, 6.45) is -0.865. The number of ether oxygens (including phenoxy) is 2. The molecule has 0 aliphatic carbocycles. The molecular weight excluding hydrogens is 340 g/mol. The van der Waals surface area contributed by atoms with Gasteiger partial charge in [-0.3, -0.25) is 0 Å². The standard InChI is InChI=1S/C23H24O4/c1-17-13-22(26-15-18-5-3-2-4-6-18)11-12-23(17)19-7-9-21(10-8-19)27-16-20(25)14-24/h2-13,20,24-25H,14-16H2,1H3. The van der Waals surface area contributed by atoms with E-state index >= 15 is 0 Å². The second-order valence-corrected chi connectivity index (χ2v) is 6.42. The first-order valence-electron chi connectivity index (χ1n) is 8.95. The lowest BCUT2D eigenvalue weighted by Crippen LogP contribution is -2.21. The highest BCUT2D eigenvalue weighted by atomic mass is 16.5. The maximum Gasteiger partial charge on any atom is 0.120 e. The average molecular weight is 364 g/mol. The molecule has 4 nitrogen and oxygen atoms in total. The first-order chi connectivity index (χ1) is 13.2. The van der Waals surface area contributed by atoms with Crippen molar-refractivity contribution in [1.29, 1.82) is 0 Å². The third kappa shape index (κ3) is 5.33. The Balaban J connectivity index is 1.64. The Labute approximate surface area is 159 Å². The zero-order valence-electron chi connectivity index (χ0n) is 15.3. The lowest BCUT2D eigenvalue weighted by atomic mass is 10.0. The van der Waals surface area contributed by atoms with Crippen molar-refractivity contribution in [1.82, 2.24) is 0 Å². The minimum atomic E-state index is -0.865. The SMILES string of the molecule is Cc1cc(OCc2ccccc2)ccc1-c1ccc(OCC(O)CO)cc1. The first-order valence-corrected chi connectivity index (χ1v) is 8.95. The smallest absolute Gasteiger partial charge is 0.120 e. The van der Waals surface area contributed by atoms with E-state index in [1.54, 1.807) is 0 Å². The summed E-state index contributed by atoms with van der Waals surface area (Å²) in [5.74, 6) is 1.50. The van der Waals surface area contributed by atoms with Crippen LogP contribution in [-0.2, 0) is 6.61 Å². The second-order valence-electron chi connectivity index (χ2n) is 6.42. The molecule has 0 saturated carbocycles. The van der Waals surface area contributed by atoms with Gasteiger partial charge in [0, 0.05) is 0 Å². The lowest BCUT2D eigenvalue weighted by Gasteiger charge is -2.12. The number of aliphatic hydroxyl groups is 2. The summed E-state index contributed by atoms with van der Waals surface area (Å²) < 4.78 is 11.3. The van der Waals surface area contributed by atoms with Crippen LogP contribution in [0.4, 0.5) is 0 Å². The maximum absolute atomic E-state index is 9.34. The van der Waals surface area contributed by atoms with Crippen molar-refractivity contribution in [3.63, 3.8) is 0 Å². The van der Waals surface area contributed by atoms with Crippen molar-refractivity contribution < 1.29 is 19.7 Å². The minimum absolute atomic E-state index is 0.0718. The summed E-state index contributed by atoms with van der Waals surface area (Å²) >= 11 is 0. The predicted molar refractivity (Wildman–Crippen MR) is 106 cm³/mol. The molecule has 0 heterocycles. The predicted octanol–water partition coefficient (Wildman–Crippen LogP) is 3.97. The van der Waals surface area contributed by atoms with Crippen LogP contribution in [0.25, 0.3) is 11.1 Å². The van der Waals surface area contributed by atoms with E-state index in [0.717, 1.165) is 28.0 Å². The van der Waals surface area contributed by atoms with E-state index in [-0.39, 0.29) is 13.2 Å². The molecular formula is C23H24O4. The van der Waals surface area contributed by atoms with Crippen LogP contribution in [-0.4, -0.2) is 29.5 Å². The summed E-state index contributed by atoms with van der Waals surface area (Å²) in [5.41, 5.74) is 4.48. The molecule has 0 radical (unpaired) electrons. The molecule has 0 aliphatic heterocycles. The van der Waals surface area contributed by atoms with Crippen LogP contribution in [0.1, 0.15) is 11.1 Å². The Hall–Kier alpha value is -2.82. The third-order valence-corrected chi connectivity index (χ3v) is 4.26. The largest absolute Gasteiger partial charge is 0.491 e. The van der Waals surface area contributed by atoms with Gasteiger partial charge in [0.1, 0.15) is 30.8 Å². The highest BCUT2D eigenvalue weighted by Crippen LogP contribution is 2.28. The van der Waals surface area contributed by atoms with E-state index in [1.807, 2.05) is 66.7 Å². The molecule has 0 aromatic heterocycles.